The Morgan fingerprint density at radius 1 is 1.39 bits per heavy atom. The Morgan fingerprint density at radius 2 is 2.11 bits per heavy atom. The molecule has 0 radical (unpaired) electrons. The minimum Gasteiger partial charge on any atom is -0.370 e. The van der Waals surface area contributed by atoms with E-state index >= 15 is 0 Å². The Morgan fingerprint density at radius 3 is 2.72 bits per heavy atom. The number of carbonyl (C=O) groups excluding carboxylic acids is 1. The lowest BCUT2D eigenvalue weighted by Gasteiger charge is -2.27. The molecule has 5 nitrogen and oxygen atoms in total. The van der Waals surface area contributed by atoms with Gasteiger partial charge in [-0.1, -0.05) is 11.6 Å². The summed E-state index contributed by atoms with van der Waals surface area (Å²) in [5.74, 6) is -0.228. The Kier molecular flexibility index (Phi) is 3.61. The number of amides is 1. The van der Waals surface area contributed by atoms with Gasteiger partial charge in [-0.05, 0) is 18.2 Å². The SMILES string of the molecule is CS(=O)(=O)c1ccc(Cl)c(N2CCOCC2=O)c1. The van der Waals surface area contributed by atoms with Crippen LogP contribution in [0.5, 0.6) is 0 Å². The first-order valence-electron chi connectivity index (χ1n) is 5.27. The van der Waals surface area contributed by atoms with Gasteiger partial charge in [-0.2, -0.15) is 0 Å². The minimum atomic E-state index is -3.33. The normalized spacial score (nSPS) is 17.0. The molecule has 1 aliphatic rings. The summed E-state index contributed by atoms with van der Waals surface area (Å²) in [6.07, 6.45) is 1.11. The molecule has 7 heteroatoms. The van der Waals surface area contributed by atoms with E-state index in [1.807, 2.05) is 0 Å². The number of ether oxygens (including phenoxy) is 1. The topological polar surface area (TPSA) is 63.7 Å². The first kappa shape index (κ1) is 13.3. The molecule has 1 aliphatic heterocycles. The number of hydrogen-bond donors (Lipinski definition) is 0. The molecule has 0 aromatic heterocycles. The zero-order chi connectivity index (χ0) is 13.3. The highest BCUT2D eigenvalue weighted by molar-refractivity contribution is 7.90. The lowest BCUT2D eigenvalue weighted by molar-refractivity contribution is -0.125. The number of nitrogens with zero attached hydrogens (tertiary/aromatic N) is 1. The summed E-state index contributed by atoms with van der Waals surface area (Å²) in [5.41, 5.74) is 0.410. The standard InChI is InChI=1S/C11H12ClNO4S/c1-18(15,16)8-2-3-9(12)10(6-8)13-4-5-17-7-11(13)14/h2-3,6H,4-5,7H2,1H3. The maximum atomic E-state index is 11.7. The molecule has 1 aromatic carbocycles. The number of hydrogen-bond acceptors (Lipinski definition) is 4. The third-order valence-corrected chi connectivity index (χ3v) is 4.05. The van der Waals surface area contributed by atoms with Crippen LogP contribution in [0.25, 0.3) is 0 Å². The third kappa shape index (κ3) is 2.66. The van der Waals surface area contributed by atoms with Crippen molar-refractivity contribution < 1.29 is 17.9 Å². The second-order valence-corrected chi connectivity index (χ2v) is 6.41. The molecule has 0 unspecified atom stereocenters. The molecule has 0 spiro atoms. The predicted molar refractivity (Wildman–Crippen MR) is 67.7 cm³/mol. The largest absolute Gasteiger partial charge is 0.370 e. The molecular formula is C11H12ClNO4S. The van der Waals surface area contributed by atoms with E-state index in [9.17, 15) is 13.2 Å². The fraction of sp³-hybridized carbons (Fsp3) is 0.364. The van der Waals surface area contributed by atoms with Crippen LogP contribution in [0.1, 0.15) is 0 Å². The van der Waals surface area contributed by atoms with E-state index in [0.717, 1.165) is 6.26 Å². The van der Waals surface area contributed by atoms with Gasteiger partial charge < -0.3 is 9.64 Å². The number of sulfone groups is 1. The van der Waals surface area contributed by atoms with Crippen molar-refractivity contribution in [3.63, 3.8) is 0 Å². The van der Waals surface area contributed by atoms with Crippen LogP contribution in [-0.2, 0) is 19.4 Å². The number of benzene rings is 1. The molecular weight excluding hydrogens is 278 g/mol. The molecule has 1 saturated heterocycles. The van der Waals surface area contributed by atoms with Crippen molar-refractivity contribution in [2.45, 2.75) is 4.90 Å². The van der Waals surface area contributed by atoms with Crippen molar-refractivity contribution in [3.8, 4) is 0 Å². The summed E-state index contributed by atoms with van der Waals surface area (Å²) in [4.78, 5) is 13.3. The van der Waals surface area contributed by atoms with Crippen LogP contribution in [0.3, 0.4) is 0 Å². The number of halogens is 1. The smallest absolute Gasteiger partial charge is 0.253 e. The fourth-order valence-corrected chi connectivity index (χ4v) is 2.56. The van der Waals surface area contributed by atoms with Gasteiger partial charge in [0.2, 0.25) is 0 Å². The predicted octanol–water partition coefficient (Wildman–Crippen LogP) is 1.11. The maximum Gasteiger partial charge on any atom is 0.253 e. The number of carbonyl (C=O) groups is 1. The summed E-state index contributed by atoms with van der Waals surface area (Å²) in [6, 6.07) is 4.32. The molecule has 0 aliphatic carbocycles. The van der Waals surface area contributed by atoms with Gasteiger partial charge in [0.1, 0.15) is 6.61 Å². The Balaban J connectivity index is 2.46. The van der Waals surface area contributed by atoms with Gasteiger partial charge in [0.05, 0.1) is 22.2 Å². The monoisotopic (exact) mass is 289 g/mol. The minimum absolute atomic E-state index is 0.0145. The van der Waals surface area contributed by atoms with Crippen LogP contribution in [-0.4, -0.2) is 40.3 Å². The molecule has 1 heterocycles. The van der Waals surface area contributed by atoms with Gasteiger partial charge in [0.25, 0.3) is 5.91 Å². The average molecular weight is 290 g/mol. The lowest BCUT2D eigenvalue weighted by atomic mass is 10.2. The molecule has 2 rings (SSSR count). The van der Waals surface area contributed by atoms with Gasteiger partial charge in [0.15, 0.2) is 9.84 Å². The van der Waals surface area contributed by atoms with Crippen molar-refractivity contribution in [3.05, 3.63) is 23.2 Å². The first-order valence-corrected chi connectivity index (χ1v) is 7.54. The molecule has 0 bridgehead atoms. The highest BCUT2D eigenvalue weighted by Gasteiger charge is 2.23. The highest BCUT2D eigenvalue weighted by Crippen LogP contribution is 2.29. The molecule has 98 valence electrons. The van der Waals surface area contributed by atoms with Crippen LogP contribution in [0.15, 0.2) is 23.1 Å². The van der Waals surface area contributed by atoms with Crippen LogP contribution >= 0.6 is 11.6 Å². The zero-order valence-corrected chi connectivity index (χ0v) is 11.3. The highest BCUT2D eigenvalue weighted by atomic mass is 35.5. The molecule has 0 atom stereocenters. The quantitative estimate of drug-likeness (QED) is 0.818. The van der Waals surface area contributed by atoms with E-state index in [-0.39, 0.29) is 17.4 Å². The summed E-state index contributed by atoms with van der Waals surface area (Å²) < 4.78 is 28.0. The van der Waals surface area contributed by atoms with Gasteiger partial charge in [-0.3, -0.25) is 4.79 Å². The second-order valence-electron chi connectivity index (χ2n) is 3.98. The summed E-state index contributed by atoms with van der Waals surface area (Å²) in [6.45, 7) is 0.760. The van der Waals surface area contributed by atoms with Crippen LogP contribution in [0.4, 0.5) is 5.69 Å². The third-order valence-electron chi connectivity index (χ3n) is 2.62. The van der Waals surface area contributed by atoms with Crippen LogP contribution < -0.4 is 4.90 Å². The molecule has 1 amide bonds. The van der Waals surface area contributed by atoms with Crippen molar-refractivity contribution in [2.24, 2.45) is 0 Å². The van der Waals surface area contributed by atoms with Crippen LogP contribution in [0.2, 0.25) is 5.02 Å². The van der Waals surface area contributed by atoms with E-state index in [2.05, 4.69) is 0 Å². The summed E-state index contributed by atoms with van der Waals surface area (Å²) in [7, 11) is -3.33. The average Bonchev–Trinajstić information content (AvgIpc) is 2.29. The van der Waals surface area contributed by atoms with Crippen molar-refractivity contribution in [2.75, 3.05) is 30.9 Å². The van der Waals surface area contributed by atoms with Crippen LogP contribution in [0, 0.1) is 0 Å². The van der Waals surface area contributed by atoms with E-state index in [1.165, 1.54) is 23.1 Å². The summed E-state index contributed by atoms with van der Waals surface area (Å²) >= 11 is 6.02. The van der Waals surface area contributed by atoms with Gasteiger partial charge in [-0.15, -0.1) is 0 Å². The van der Waals surface area contributed by atoms with Gasteiger partial charge >= 0.3 is 0 Å². The molecule has 1 aromatic rings. The van der Waals surface area contributed by atoms with E-state index in [4.69, 9.17) is 16.3 Å². The van der Waals surface area contributed by atoms with Crippen molar-refractivity contribution >= 4 is 33.0 Å². The fourth-order valence-electron chi connectivity index (χ4n) is 1.70. The maximum absolute atomic E-state index is 11.7. The zero-order valence-electron chi connectivity index (χ0n) is 9.72. The Hall–Kier alpha value is -1.11. The molecule has 0 N–H and O–H groups in total. The number of anilines is 1. The molecule has 0 saturated carbocycles. The van der Waals surface area contributed by atoms with E-state index in [0.29, 0.717) is 23.9 Å². The van der Waals surface area contributed by atoms with Gasteiger partial charge in [-0.25, -0.2) is 8.42 Å². The van der Waals surface area contributed by atoms with Gasteiger partial charge in [0, 0.05) is 12.8 Å². The van der Waals surface area contributed by atoms with E-state index < -0.39 is 9.84 Å². The Labute approximate surface area is 110 Å². The lowest BCUT2D eigenvalue weighted by Crippen LogP contribution is -2.41. The first-order chi connectivity index (χ1) is 8.39. The second kappa shape index (κ2) is 4.87. The summed E-state index contributed by atoms with van der Waals surface area (Å²) in [5, 5.41) is 0.345. The number of rotatable bonds is 2. The van der Waals surface area contributed by atoms with Crippen molar-refractivity contribution in [1.29, 1.82) is 0 Å². The molecule has 1 fully saturated rings. The van der Waals surface area contributed by atoms with Crippen molar-refractivity contribution in [1.82, 2.24) is 0 Å². The Bertz CT molecular complexity index is 585. The number of morpholine rings is 1. The van der Waals surface area contributed by atoms with E-state index in [1.54, 1.807) is 0 Å². The molecule has 18 heavy (non-hydrogen) atoms.